The Hall–Kier alpha value is -1.55. The summed E-state index contributed by atoms with van der Waals surface area (Å²) in [5, 5.41) is 3.35. The number of fused-ring (bicyclic) bond motifs is 1. The highest BCUT2D eigenvalue weighted by atomic mass is 32.2. The van der Waals surface area contributed by atoms with E-state index in [1.54, 1.807) is 18.2 Å². The monoisotopic (exact) mass is 396 g/mol. The van der Waals surface area contributed by atoms with Crippen molar-refractivity contribution in [3.05, 3.63) is 18.2 Å². The molecular formula is C17H24N4O3S2. The first kappa shape index (κ1) is 19.2. The number of sulfonamides is 1. The zero-order valence-electron chi connectivity index (χ0n) is 15.1. The summed E-state index contributed by atoms with van der Waals surface area (Å²) in [4.78, 5) is 19.1. The lowest BCUT2D eigenvalue weighted by atomic mass is 10.2. The van der Waals surface area contributed by atoms with Crippen LogP contribution in [0.2, 0.25) is 0 Å². The van der Waals surface area contributed by atoms with E-state index in [-0.39, 0.29) is 10.8 Å². The van der Waals surface area contributed by atoms with Gasteiger partial charge in [0.05, 0.1) is 21.7 Å². The van der Waals surface area contributed by atoms with Gasteiger partial charge in [0.1, 0.15) is 0 Å². The molecule has 0 aliphatic carbocycles. The van der Waals surface area contributed by atoms with Gasteiger partial charge in [0.25, 0.3) is 0 Å². The molecule has 1 aliphatic heterocycles. The van der Waals surface area contributed by atoms with Gasteiger partial charge >= 0.3 is 0 Å². The molecule has 1 aliphatic rings. The van der Waals surface area contributed by atoms with Crippen LogP contribution in [-0.2, 0) is 14.8 Å². The van der Waals surface area contributed by atoms with Crippen LogP contribution in [0, 0.1) is 0 Å². The van der Waals surface area contributed by atoms with Gasteiger partial charge in [0, 0.05) is 14.1 Å². The largest absolute Gasteiger partial charge is 0.301 e. The third kappa shape index (κ3) is 4.40. The van der Waals surface area contributed by atoms with Crippen LogP contribution in [0.5, 0.6) is 0 Å². The molecule has 0 atom stereocenters. The highest BCUT2D eigenvalue weighted by Crippen LogP contribution is 2.28. The van der Waals surface area contributed by atoms with Crippen molar-refractivity contribution in [3.8, 4) is 0 Å². The fourth-order valence-electron chi connectivity index (χ4n) is 2.99. The normalized spacial score (nSPS) is 16.7. The van der Waals surface area contributed by atoms with Gasteiger partial charge in [0.15, 0.2) is 5.13 Å². The Bertz CT molecular complexity index is 885. The molecule has 1 saturated heterocycles. The molecule has 0 spiro atoms. The van der Waals surface area contributed by atoms with E-state index < -0.39 is 10.0 Å². The summed E-state index contributed by atoms with van der Waals surface area (Å²) in [5.74, 6) is -0.0768. The number of amides is 1. The lowest BCUT2D eigenvalue weighted by molar-refractivity contribution is -0.117. The Kier molecular flexibility index (Phi) is 5.91. The zero-order valence-corrected chi connectivity index (χ0v) is 16.7. The van der Waals surface area contributed by atoms with Crippen molar-refractivity contribution in [1.82, 2.24) is 14.2 Å². The van der Waals surface area contributed by atoms with E-state index in [4.69, 9.17) is 0 Å². The van der Waals surface area contributed by atoms with Crippen molar-refractivity contribution < 1.29 is 13.2 Å². The number of aromatic nitrogens is 1. The summed E-state index contributed by atoms with van der Waals surface area (Å²) in [5.41, 5.74) is 0.678. The fraction of sp³-hybridized carbons (Fsp3) is 0.529. The van der Waals surface area contributed by atoms with Gasteiger partial charge in [-0.15, -0.1) is 0 Å². The Morgan fingerprint density at radius 1 is 1.23 bits per heavy atom. The van der Waals surface area contributed by atoms with E-state index in [0.29, 0.717) is 17.2 Å². The van der Waals surface area contributed by atoms with Crippen LogP contribution in [0.15, 0.2) is 23.1 Å². The first-order valence-corrected chi connectivity index (χ1v) is 11.0. The molecule has 142 valence electrons. The van der Waals surface area contributed by atoms with Crippen molar-refractivity contribution in [1.29, 1.82) is 0 Å². The van der Waals surface area contributed by atoms with Crippen LogP contribution in [0.1, 0.15) is 25.7 Å². The molecule has 1 aromatic heterocycles. The maximum Gasteiger partial charge on any atom is 0.242 e. The minimum absolute atomic E-state index is 0.0768. The van der Waals surface area contributed by atoms with Crippen molar-refractivity contribution in [2.45, 2.75) is 30.6 Å². The Morgan fingerprint density at radius 3 is 2.58 bits per heavy atom. The van der Waals surface area contributed by atoms with Gasteiger partial charge < -0.3 is 5.32 Å². The number of carbonyl (C=O) groups is 1. The standard InChI is InChI=1S/C17H24N4O3S2/c1-20(2)26(23,24)13-7-8-14-15(11-13)25-17(18-14)19-16(22)12-21-9-5-3-4-6-10-21/h7-8,11H,3-6,9-10,12H2,1-2H3,(H,18,19,22). The summed E-state index contributed by atoms with van der Waals surface area (Å²) in [6.07, 6.45) is 4.73. The summed E-state index contributed by atoms with van der Waals surface area (Å²) in [6.45, 7) is 2.29. The highest BCUT2D eigenvalue weighted by Gasteiger charge is 2.19. The van der Waals surface area contributed by atoms with Crippen LogP contribution in [0.3, 0.4) is 0 Å². The lowest BCUT2D eigenvalue weighted by Crippen LogP contribution is -2.33. The molecule has 1 amide bonds. The van der Waals surface area contributed by atoms with Crippen molar-refractivity contribution >= 4 is 42.6 Å². The van der Waals surface area contributed by atoms with E-state index in [1.165, 1.54) is 42.6 Å². The molecule has 1 aromatic carbocycles. The number of thiazole rings is 1. The second-order valence-electron chi connectivity index (χ2n) is 6.67. The molecule has 1 fully saturated rings. The topological polar surface area (TPSA) is 82.6 Å². The number of carbonyl (C=O) groups excluding carboxylic acids is 1. The summed E-state index contributed by atoms with van der Waals surface area (Å²) in [7, 11) is -0.485. The van der Waals surface area contributed by atoms with Gasteiger partial charge in [-0.25, -0.2) is 17.7 Å². The molecular weight excluding hydrogens is 372 g/mol. The van der Waals surface area contributed by atoms with Gasteiger partial charge in [-0.2, -0.15) is 0 Å². The first-order chi connectivity index (χ1) is 12.4. The smallest absolute Gasteiger partial charge is 0.242 e. The SMILES string of the molecule is CN(C)S(=O)(=O)c1ccc2nc(NC(=O)CN3CCCCCC3)sc2c1. The number of nitrogens with zero attached hydrogens (tertiary/aromatic N) is 3. The fourth-order valence-corrected chi connectivity index (χ4v) is 4.91. The highest BCUT2D eigenvalue weighted by molar-refractivity contribution is 7.89. The first-order valence-electron chi connectivity index (χ1n) is 8.71. The van der Waals surface area contributed by atoms with Crippen LogP contribution in [0.4, 0.5) is 5.13 Å². The molecule has 0 saturated carbocycles. The molecule has 3 rings (SSSR count). The average Bonchev–Trinajstić information content (AvgIpc) is 2.80. The number of nitrogens with one attached hydrogen (secondary N) is 1. The van der Waals surface area contributed by atoms with Crippen molar-refractivity contribution in [2.75, 3.05) is 39.0 Å². The van der Waals surface area contributed by atoms with Crippen LogP contribution < -0.4 is 5.32 Å². The van der Waals surface area contributed by atoms with Crippen LogP contribution >= 0.6 is 11.3 Å². The van der Waals surface area contributed by atoms with E-state index in [9.17, 15) is 13.2 Å². The molecule has 0 radical (unpaired) electrons. The predicted molar refractivity (Wildman–Crippen MR) is 104 cm³/mol. The molecule has 2 aromatic rings. The molecule has 7 nitrogen and oxygen atoms in total. The molecule has 2 heterocycles. The Labute approximate surface area is 158 Å². The Morgan fingerprint density at radius 2 is 1.92 bits per heavy atom. The number of hydrogen-bond acceptors (Lipinski definition) is 6. The summed E-state index contributed by atoms with van der Waals surface area (Å²) in [6, 6.07) is 4.82. The number of hydrogen-bond donors (Lipinski definition) is 1. The minimum Gasteiger partial charge on any atom is -0.301 e. The number of anilines is 1. The summed E-state index contributed by atoms with van der Waals surface area (Å²) >= 11 is 1.29. The lowest BCUT2D eigenvalue weighted by Gasteiger charge is -2.18. The Balaban J connectivity index is 1.71. The molecule has 0 unspecified atom stereocenters. The number of likely N-dealkylation sites (tertiary alicyclic amines) is 1. The van der Waals surface area contributed by atoms with E-state index in [1.807, 2.05) is 0 Å². The zero-order chi connectivity index (χ0) is 18.7. The quantitative estimate of drug-likeness (QED) is 0.839. The minimum atomic E-state index is -3.49. The molecule has 9 heteroatoms. The maximum atomic E-state index is 12.3. The van der Waals surface area contributed by atoms with Gasteiger partial charge in [-0.3, -0.25) is 9.69 Å². The molecule has 26 heavy (non-hydrogen) atoms. The second-order valence-corrected chi connectivity index (χ2v) is 9.86. The van der Waals surface area contributed by atoms with Gasteiger partial charge in [-0.05, 0) is 44.1 Å². The number of rotatable bonds is 5. The van der Waals surface area contributed by atoms with Gasteiger partial charge in [-0.1, -0.05) is 24.2 Å². The van der Waals surface area contributed by atoms with Crippen molar-refractivity contribution in [2.24, 2.45) is 0 Å². The predicted octanol–water partition coefficient (Wildman–Crippen LogP) is 2.36. The number of benzene rings is 1. The van der Waals surface area contributed by atoms with E-state index >= 15 is 0 Å². The van der Waals surface area contributed by atoms with Crippen LogP contribution in [-0.4, -0.2) is 62.2 Å². The van der Waals surface area contributed by atoms with Crippen molar-refractivity contribution in [3.63, 3.8) is 0 Å². The van der Waals surface area contributed by atoms with E-state index in [0.717, 1.165) is 30.6 Å². The average molecular weight is 397 g/mol. The molecule has 1 N–H and O–H groups in total. The van der Waals surface area contributed by atoms with Gasteiger partial charge in [0.2, 0.25) is 15.9 Å². The summed E-state index contributed by atoms with van der Waals surface area (Å²) < 4.78 is 26.4. The third-order valence-electron chi connectivity index (χ3n) is 4.45. The third-order valence-corrected chi connectivity index (χ3v) is 7.20. The van der Waals surface area contributed by atoms with E-state index in [2.05, 4.69) is 15.2 Å². The van der Waals surface area contributed by atoms with Crippen LogP contribution in [0.25, 0.3) is 10.2 Å². The molecule has 0 bridgehead atoms. The maximum absolute atomic E-state index is 12.3. The second kappa shape index (κ2) is 7.99.